The molecule has 6 nitrogen and oxygen atoms in total. The van der Waals surface area contributed by atoms with Crippen LogP contribution in [0.25, 0.3) is 11.0 Å². The number of rotatable bonds is 8. The summed E-state index contributed by atoms with van der Waals surface area (Å²) in [6.45, 7) is 6.28. The van der Waals surface area contributed by atoms with Crippen LogP contribution in [0.5, 0.6) is 0 Å². The van der Waals surface area contributed by atoms with Crippen LogP contribution in [0.3, 0.4) is 0 Å². The van der Waals surface area contributed by atoms with Crippen molar-refractivity contribution in [3.05, 3.63) is 34.7 Å². The molecule has 0 radical (unpaired) electrons. The zero-order valence-electron chi connectivity index (χ0n) is 16.4. The van der Waals surface area contributed by atoms with Gasteiger partial charge in [0.15, 0.2) is 0 Å². The van der Waals surface area contributed by atoms with Gasteiger partial charge in [0.05, 0.1) is 23.7 Å². The molecule has 1 aliphatic carbocycles. The lowest BCUT2D eigenvalue weighted by atomic mass is 9.88. The zero-order chi connectivity index (χ0) is 19.2. The second-order valence-electron chi connectivity index (χ2n) is 7.44. The molecule has 1 amide bonds. The molecular formula is C21H31N3O3. The molecule has 1 aromatic heterocycles. The fourth-order valence-corrected chi connectivity index (χ4v) is 4.03. The van der Waals surface area contributed by atoms with E-state index in [0.717, 1.165) is 17.5 Å². The molecular weight excluding hydrogens is 342 g/mol. The summed E-state index contributed by atoms with van der Waals surface area (Å²) in [6, 6.07) is 7.72. The third-order valence-corrected chi connectivity index (χ3v) is 5.59. The van der Waals surface area contributed by atoms with Crippen LogP contribution in [-0.2, 0) is 22.6 Å². The first-order valence-electron chi connectivity index (χ1n) is 10.2. The van der Waals surface area contributed by atoms with E-state index < -0.39 is 0 Å². The van der Waals surface area contributed by atoms with Crippen molar-refractivity contribution in [1.29, 1.82) is 0 Å². The first kappa shape index (κ1) is 19.7. The molecule has 6 heteroatoms. The van der Waals surface area contributed by atoms with E-state index in [9.17, 15) is 9.59 Å². The first-order valence-corrected chi connectivity index (χ1v) is 10.2. The zero-order valence-corrected chi connectivity index (χ0v) is 16.4. The van der Waals surface area contributed by atoms with Gasteiger partial charge in [-0.2, -0.15) is 0 Å². The largest absolute Gasteiger partial charge is 0.376 e. The fourth-order valence-electron chi connectivity index (χ4n) is 4.03. The highest BCUT2D eigenvalue weighted by atomic mass is 16.5. The van der Waals surface area contributed by atoms with E-state index in [0.29, 0.717) is 38.3 Å². The molecule has 1 fully saturated rings. The number of ether oxygens (including phenoxy) is 1. The minimum Gasteiger partial charge on any atom is -0.376 e. The number of carbonyl (C=O) groups excluding carboxylic acids is 1. The molecule has 148 valence electrons. The Morgan fingerprint density at radius 3 is 2.59 bits per heavy atom. The Balaban J connectivity index is 1.48. The highest BCUT2D eigenvalue weighted by Gasteiger charge is 2.21. The highest BCUT2D eigenvalue weighted by Crippen LogP contribution is 2.25. The number of aryl methyl sites for hydroxylation is 2. The van der Waals surface area contributed by atoms with E-state index in [1.807, 2.05) is 31.2 Å². The van der Waals surface area contributed by atoms with Crippen LogP contribution in [0.2, 0.25) is 0 Å². The Bertz CT molecular complexity index is 824. The second kappa shape index (κ2) is 9.22. The minimum absolute atomic E-state index is 0.0458. The molecule has 1 heterocycles. The van der Waals surface area contributed by atoms with Gasteiger partial charge in [0.25, 0.3) is 0 Å². The number of carbonyl (C=O) groups is 1. The summed E-state index contributed by atoms with van der Waals surface area (Å²) in [4.78, 5) is 24.7. The molecule has 1 N–H and O–H groups in total. The van der Waals surface area contributed by atoms with Crippen LogP contribution in [0.15, 0.2) is 29.1 Å². The molecule has 1 saturated carbocycles. The van der Waals surface area contributed by atoms with Crippen molar-refractivity contribution < 1.29 is 9.53 Å². The lowest BCUT2D eigenvalue weighted by Crippen LogP contribution is -2.33. The van der Waals surface area contributed by atoms with Crippen molar-refractivity contribution in [3.63, 3.8) is 0 Å². The van der Waals surface area contributed by atoms with Crippen molar-refractivity contribution in [1.82, 2.24) is 14.5 Å². The number of hydrogen-bond acceptors (Lipinski definition) is 3. The van der Waals surface area contributed by atoms with Crippen molar-refractivity contribution in [2.75, 3.05) is 13.2 Å². The maximum Gasteiger partial charge on any atom is 0.329 e. The summed E-state index contributed by atoms with van der Waals surface area (Å²) < 4.78 is 9.37. The molecule has 0 saturated heterocycles. The first-order chi connectivity index (χ1) is 13.1. The maximum absolute atomic E-state index is 12.6. The number of amides is 1. The van der Waals surface area contributed by atoms with E-state index in [1.54, 1.807) is 9.13 Å². The molecule has 1 aliphatic rings. The summed E-state index contributed by atoms with van der Waals surface area (Å²) in [5, 5.41) is 2.91. The Morgan fingerprint density at radius 1 is 1.19 bits per heavy atom. The third kappa shape index (κ3) is 4.61. The van der Waals surface area contributed by atoms with Crippen LogP contribution >= 0.6 is 0 Å². The van der Waals surface area contributed by atoms with E-state index >= 15 is 0 Å². The number of aromatic nitrogens is 2. The molecule has 0 aliphatic heterocycles. The summed E-state index contributed by atoms with van der Waals surface area (Å²) >= 11 is 0. The van der Waals surface area contributed by atoms with Crippen molar-refractivity contribution in [2.24, 2.45) is 5.92 Å². The Hall–Kier alpha value is -2.08. The van der Waals surface area contributed by atoms with Gasteiger partial charge in [-0.1, -0.05) is 31.9 Å². The Kier molecular flexibility index (Phi) is 6.72. The van der Waals surface area contributed by atoms with Crippen molar-refractivity contribution >= 4 is 16.9 Å². The van der Waals surface area contributed by atoms with Gasteiger partial charge in [0.1, 0.15) is 0 Å². The molecule has 2 unspecified atom stereocenters. The van der Waals surface area contributed by atoms with Gasteiger partial charge in [-0.25, -0.2) is 4.79 Å². The van der Waals surface area contributed by atoms with Crippen LogP contribution in [-0.4, -0.2) is 34.3 Å². The molecule has 0 bridgehead atoms. The average Bonchev–Trinajstić information content (AvgIpc) is 2.95. The number of imidazole rings is 1. The predicted molar refractivity (Wildman–Crippen MR) is 107 cm³/mol. The number of para-hydroxylation sites is 2. The SMILES string of the molecule is CCn1c(=O)n(CCC(=O)NCCOC2CCCCC2C)c2ccccc21. The normalized spacial score (nSPS) is 20.1. The van der Waals surface area contributed by atoms with E-state index in [1.165, 1.54) is 19.3 Å². The maximum atomic E-state index is 12.6. The lowest BCUT2D eigenvalue weighted by molar-refractivity contribution is -0.121. The van der Waals surface area contributed by atoms with Crippen LogP contribution in [0.4, 0.5) is 0 Å². The lowest BCUT2D eigenvalue weighted by Gasteiger charge is -2.28. The topological polar surface area (TPSA) is 65.3 Å². The van der Waals surface area contributed by atoms with Gasteiger partial charge in [0, 0.05) is 26.1 Å². The molecule has 3 rings (SSSR count). The summed E-state index contributed by atoms with van der Waals surface area (Å²) in [5.74, 6) is 0.563. The van der Waals surface area contributed by atoms with Gasteiger partial charge < -0.3 is 10.1 Å². The molecule has 27 heavy (non-hydrogen) atoms. The van der Waals surface area contributed by atoms with E-state index in [4.69, 9.17) is 4.74 Å². The van der Waals surface area contributed by atoms with Gasteiger partial charge >= 0.3 is 5.69 Å². The standard InChI is InChI=1S/C21H31N3O3/c1-3-23-17-9-5-6-10-18(17)24(21(23)26)14-12-20(25)22-13-15-27-19-11-7-4-8-16(19)2/h5-6,9-10,16,19H,3-4,7-8,11-15H2,1-2H3,(H,22,25). The van der Waals surface area contributed by atoms with Crippen LogP contribution in [0.1, 0.15) is 46.0 Å². The van der Waals surface area contributed by atoms with Gasteiger partial charge in [0.2, 0.25) is 5.91 Å². The van der Waals surface area contributed by atoms with Crippen LogP contribution in [0, 0.1) is 5.92 Å². The Morgan fingerprint density at radius 2 is 1.89 bits per heavy atom. The number of benzene rings is 1. The van der Waals surface area contributed by atoms with Gasteiger partial charge in [-0.3, -0.25) is 13.9 Å². The third-order valence-electron chi connectivity index (χ3n) is 5.59. The smallest absolute Gasteiger partial charge is 0.329 e. The van der Waals surface area contributed by atoms with E-state index in [-0.39, 0.29) is 18.0 Å². The molecule has 1 aromatic carbocycles. The van der Waals surface area contributed by atoms with Gasteiger partial charge in [-0.15, -0.1) is 0 Å². The highest BCUT2D eigenvalue weighted by molar-refractivity contribution is 5.77. The average molecular weight is 373 g/mol. The fraction of sp³-hybridized carbons (Fsp3) is 0.619. The monoisotopic (exact) mass is 373 g/mol. The predicted octanol–water partition coefficient (Wildman–Crippen LogP) is 2.92. The Labute approximate surface area is 160 Å². The van der Waals surface area contributed by atoms with Crippen molar-refractivity contribution in [3.8, 4) is 0 Å². The molecule has 2 aromatic rings. The summed E-state index contributed by atoms with van der Waals surface area (Å²) in [6.07, 6.45) is 5.51. The second-order valence-corrected chi connectivity index (χ2v) is 7.44. The summed E-state index contributed by atoms with van der Waals surface area (Å²) in [5.41, 5.74) is 1.74. The number of hydrogen-bond donors (Lipinski definition) is 1. The quantitative estimate of drug-likeness (QED) is 0.724. The van der Waals surface area contributed by atoms with Gasteiger partial charge in [-0.05, 0) is 37.8 Å². The summed E-state index contributed by atoms with van der Waals surface area (Å²) in [7, 11) is 0. The molecule has 2 atom stereocenters. The van der Waals surface area contributed by atoms with Crippen LogP contribution < -0.4 is 11.0 Å². The van der Waals surface area contributed by atoms with Crippen molar-refractivity contribution in [2.45, 2.75) is 65.1 Å². The number of nitrogens with one attached hydrogen (secondary N) is 1. The number of nitrogens with zero attached hydrogens (tertiary/aromatic N) is 2. The van der Waals surface area contributed by atoms with E-state index in [2.05, 4.69) is 12.2 Å². The number of fused-ring (bicyclic) bond motifs is 1. The molecule has 0 spiro atoms. The minimum atomic E-state index is -0.0545.